The second-order valence-corrected chi connectivity index (χ2v) is 9.28. The number of amides is 1. The van der Waals surface area contributed by atoms with Gasteiger partial charge in [-0.2, -0.15) is 0 Å². The number of para-hydroxylation sites is 1. The minimum absolute atomic E-state index is 0.0113. The van der Waals surface area contributed by atoms with E-state index in [0.29, 0.717) is 6.54 Å². The molecule has 1 aliphatic heterocycles. The maximum Gasteiger partial charge on any atom is 0.233 e. The number of ketones is 1. The lowest BCUT2D eigenvalue weighted by atomic mass is 9.65. The Balaban J connectivity index is 1.98. The van der Waals surface area contributed by atoms with Gasteiger partial charge in [-0.1, -0.05) is 75.4 Å². The molecule has 3 aromatic rings. The summed E-state index contributed by atoms with van der Waals surface area (Å²) < 4.78 is 1.78. The van der Waals surface area contributed by atoms with Gasteiger partial charge in [0, 0.05) is 23.6 Å². The highest BCUT2D eigenvalue weighted by Crippen LogP contribution is 2.45. The molecular formula is C25H28N4O2. The van der Waals surface area contributed by atoms with Crippen LogP contribution in [0.3, 0.4) is 0 Å². The smallest absolute Gasteiger partial charge is 0.233 e. The van der Waals surface area contributed by atoms with Gasteiger partial charge in [-0.05, 0) is 18.6 Å². The van der Waals surface area contributed by atoms with Crippen LogP contribution < -0.4 is 4.90 Å². The Morgan fingerprint density at radius 1 is 0.903 bits per heavy atom. The number of aromatic nitrogens is 3. The summed E-state index contributed by atoms with van der Waals surface area (Å²) in [5.41, 5.74) is 3.57. The van der Waals surface area contributed by atoms with Crippen molar-refractivity contribution in [1.82, 2.24) is 15.0 Å². The van der Waals surface area contributed by atoms with E-state index in [1.54, 1.807) is 16.5 Å². The molecule has 0 saturated heterocycles. The molecule has 4 rings (SSSR count). The second kappa shape index (κ2) is 7.15. The number of anilines is 1. The first-order valence-corrected chi connectivity index (χ1v) is 10.5. The van der Waals surface area contributed by atoms with Gasteiger partial charge in [-0.15, -0.1) is 5.10 Å². The third-order valence-corrected chi connectivity index (χ3v) is 7.10. The van der Waals surface area contributed by atoms with Gasteiger partial charge >= 0.3 is 0 Å². The second-order valence-electron chi connectivity index (χ2n) is 9.28. The summed E-state index contributed by atoms with van der Waals surface area (Å²) in [6, 6.07) is 15.8. The van der Waals surface area contributed by atoms with Crippen LogP contribution in [0.5, 0.6) is 0 Å². The molecular weight excluding hydrogens is 388 g/mol. The molecule has 2 aromatic carbocycles. The van der Waals surface area contributed by atoms with Gasteiger partial charge in [0.2, 0.25) is 5.91 Å². The zero-order valence-corrected chi connectivity index (χ0v) is 18.9. The number of nitrogens with zero attached hydrogens (tertiary/aromatic N) is 4. The zero-order chi connectivity index (χ0) is 22.6. The van der Waals surface area contributed by atoms with Crippen molar-refractivity contribution >= 4 is 17.4 Å². The predicted molar refractivity (Wildman–Crippen MR) is 121 cm³/mol. The van der Waals surface area contributed by atoms with Crippen LogP contribution in [0.2, 0.25) is 0 Å². The van der Waals surface area contributed by atoms with Crippen molar-refractivity contribution < 1.29 is 9.59 Å². The summed E-state index contributed by atoms with van der Waals surface area (Å²) in [6.07, 6.45) is 0. The van der Waals surface area contributed by atoms with E-state index >= 15 is 0 Å². The summed E-state index contributed by atoms with van der Waals surface area (Å²) in [5.74, 6) is -0.106. The Hall–Kier alpha value is -3.28. The molecule has 0 atom stereocenters. The third-order valence-electron chi connectivity index (χ3n) is 7.10. The predicted octanol–water partition coefficient (Wildman–Crippen LogP) is 4.64. The molecule has 0 saturated carbocycles. The highest BCUT2D eigenvalue weighted by Gasteiger charge is 2.49. The van der Waals surface area contributed by atoms with Gasteiger partial charge in [-0.3, -0.25) is 9.59 Å². The van der Waals surface area contributed by atoms with Crippen LogP contribution in [0, 0.1) is 10.8 Å². The van der Waals surface area contributed by atoms with E-state index < -0.39 is 10.8 Å². The molecule has 160 valence electrons. The van der Waals surface area contributed by atoms with Crippen LogP contribution in [0.25, 0.3) is 22.5 Å². The van der Waals surface area contributed by atoms with E-state index in [1.807, 2.05) is 83.3 Å². The number of rotatable bonds is 3. The largest absolute Gasteiger partial charge is 0.307 e. The molecule has 0 aliphatic carbocycles. The van der Waals surface area contributed by atoms with Crippen LogP contribution >= 0.6 is 0 Å². The number of hydrogen-bond acceptors (Lipinski definition) is 4. The average molecular weight is 417 g/mol. The molecule has 31 heavy (non-hydrogen) atoms. The van der Waals surface area contributed by atoms with Crippen molar-refractivity contribution in [3.63, 3.8) is 0 Å². The molecule has 1 amide bonds. The number of aryl methyl sites for hydroxylation is 1. The maximum atomic E-state index is 14.1. The van der Waals surface area contributed by atoms with Gasteiger partial charge in [0.15, 0.2) is 0 Å². The van der Waals surface area contributed by atoms with E-state index in [9.17, 15) is 9.59 Å². The fourth-order valence-corrected chi connectivity index (χ4v) is 4.12. The molecule has 6 heteroatoms. The van der Waals surface area contributed by atoms with Gasteiger partial charge in [0.05, 0.1) is 23.3 Å². The minimum Gasteiger partial charge on any atom is -0.307 e. The summed E-state index contributed by atoms with van der Waals surface area (Å²) in [6.45, 7) is 9.36. The monoisotopic (exact) mass is 416 g/mol. The summed E-state index contributed by atoms with van der Waals surface area (Å²) in [7, 11) is 1.88. The first kappa shape index (κ1) is 21.0. The normalized spacial score (nSPS) is 13.5. The topological polar surface area (TPSA) is 68.1 Å². The van der Waals surface area contributed by atoms with Crippen LogP contribution in [0.4, 0.5) is 5.69 Å². The van der Waals surface area contributed by atoms with Crippen molar-refractivity contribution in [3.8, 4) is 22.5 Å². The molecule has 0 N–H and O–H groups in total. The van der Waals surface area contributed by atoms with E-state index in [2.05, 4.69) is 10.3 Å². The highest BCUT2D eigenvalue weighted by molar-refractivity contribution is 6.05. The van der Waals surface area contributed by atoms with Crippen LogP contribution in [-0.4, -0.2) is 26.7 Å². The molecule has 0 unspecified atom stereocenters. The quantitative estimate of drug-likeness (QED) is 0.624. The van der Waals surface area contributed by atoms with Gasteiger partial charge < -0.3 is 4.90 Å². The van der Waals surface area contributed by atoms with Crippen molar-refractivity contribution in [1.29, 1.82) is 0 Å². The zero-order valence-electron chi connectivity index (χ0n) is 18.9. The summed E-state index contributed by atoms with van der Waals surface area (Å²) in [4.78, 5) is 28.3. The van der Waals surface area contributed by atoms with Crippen molar-refractivity contribution in [3.05, 3.63) is 54.1 Å². The molecule has 1 aliphatic rings. The first-order chi connectivity index (χ1) is 14.6. The number of fused-ring (bicyclic) bond motifs is 5. The van der Waals surface area contributed by atoms with Crippen LogP contribution in [0.1, 0.15) is 40.2 Å². The van der Waals surface area contributed by atoms with Gasteiger partial charge in [0.25, 0.3) is 0 Å². The standard InChI is InChI=1S/C25H28N4O2/c1-16(30)24(2,3)25(4,5)23(31)29-15-17-11-7-8-12-18(17)22-21(26-27-28(22)6)19-13-9-10-14-20(19)29/h7-14H,15H2,1-6H3. The maximum absolute atomic E-state index is 14.1. The van der Waals surface area contributed by atoms with E-state index in [-0.39, 0.29) is 11.7 Å². The van der Waals surface area contributed by atoms with Gasteiger partial charge in [0.1, 0.15) is 11.5 Å². The SMILES string of the molecule is CC(=O)C(C)(C)C(C)(C)C(=O)N1Cc2ccccc2-c2c(nnn2C)-c2ccccc21. The minimum atomic E-state index is -0.911. The number of hydrogen-bond donors (Lipinski definition) is 0. The Morgan fingerprint density at radius 2 is 1.52 bits per heavy atom. The Kier molecular flexibility index (Phi) is 4.84. The number of benzene rings is 2. The molecule has 0 radical (unpaired) electrons. The Labute approximate surface area is 182 Å². The summed E-state index contributed by atoms with van der Waals surface area (Å²) >= 11 is 0. The average Bonchev–Trinajstić information content (AvgIpc) is 3.11. The molecule has 1 aromatic heterocycles. The van der Waals surface area contributed by atoms with E-state index in [4.69, 9.17) is 0 Å². The number of Topliss-reactive ketones (excluding diaryl/α,β-unsaturated/α-hetero) is 1. The summed E-state index contributed by atoms with van der Waals surface area (Å²) in [5, 5.41) is 8.73. The third kappa shape index (κ3) is 3.09. The lowest BCUT2D eigenvalue weighted by Crippen LogP contribution is -2.51. The van der Waals surface area contributed by atoms with Crippen LogP contribution in [-0.2, 0) is 23.2 Å². The number of carbonyl (C=O) groups excluding carboxylic acids is 2. The Morgan fingerprint density at radius 3 is 2.19 bits per heavy atom. The van der Waals surface area contributed by atoms with Crippen molar-refractivity contribution in [2.75, 3.05) is 4.90 Å². The van der Waals surface area contributed by atoms with Gasteiger partial charge in [-0.25, -0.2) is 4.68 Å². The van der Waals surface area contributed by atoms with E-state index in [1.165, 1.54) is 0 Å². The Bertz CT molecular complexity index is 1190. The molecule has 6 nitrogen and oxygen atoms in total. The molecule has 0 bridgehead atoms. The number of carbonyl (C=O) groups is 2. The lowest BCUT2D eigenvalue weighted by molar-refractivity contribution is -0.143. The van der Waals surface area contributed by atoms with Crippen molar-refractivity contribution in [2.24, 2.45) is 17.9 Å². The molecule has 0 spiro atoms. The molecule has 2 heterocycles. The van der Waals surface area contributed by atoms with E-state index in [0.717, 1.165) is 33.8 Å². The first-order valence-electron chi connectivity index (χ1n) is 10.5. The highest BCUT2D eigenvalue weighted by atomic mass is 16.2. The van der Waals surface area contributed by atoms with Crippen LogP contribution in [0.15, 0.2) is 48.5 Å². The van der Waals surface area contributed by atoms with Crippen molar-refractivity contribution in [2.45, 2.75) is 41.2 Å². The molecule has 0 fully saturated rings. The fourth-order valence-electron chi connectivity index (χ4n) is 4.12. The fraction of sp³-hybridized carbons (Fsp3) is 0.360. The lowest BCUT2D eigenvalue weighted by Gasteiger charge is -2.42.